The van der Waals surface area contributed by atoms with Crippen LogP contribution in [0.5, 0.6) is 0 Å². The number of rotatable bonds is 5. The molecule has 19 heavy (non-hydrogen) atoms. The van der Waals surface area contributed by atoms with Gasteiger partial charge in [-0.2, -0.15) is 0 Å². The molecule has 1 heterocycles. The fraction of sp³-hybridized carbons (Fsp3) is 0.933. The maximum absolute atomic E-state index is 12.5. The van der Waals surface area contributed by atoms with Crippen molar-refractivity contribution in [1.82, 2.24) is 10.6 Å². The molecule has 0 aromatic rings. The highest BCUT2D eigenvalue weighted by molar-refractivity contribution is 5.83. The van der Waals surface area contributed by atoms with Gasteiger partial charge in [0.25, 0.3) is 0 Å². The zero-order valence-electron chi connectivity index (χ0n) is 12.1. The first-order valence-corrected chi connectivity index (χ1v) is 7.76. The van der Waals surface area contributed by atoms with Gasteiger partial charge in [-0.15, -0.1) is 0 Å². The van der Waals surface area contributed by atoms with E-state index in [-0.39, 0.29) is 23.3 Å². The van der Waals surface area contributed by atoms with Crippen LogP contribution in [0.15, 0.2) is 0 Å². The number of nitrogens with one attached hydrogen (secondary N) is 2. The Morgan fingerprint density at radius 3 is 2.53 bits per heavy atom. The summed E-state index contributed by atoms with van der Waals surface area (Å²) >= 11 is 0. The van der Waals surface area contributed by atoms with Crippen molar-refractivity contribution in [1.29, 1.82) is 0 Å². The number of aliphatic hydroxyl groups excluding tert-OH is 1. The van der Waals surface area contributed by atoms with Gasteiger partial charge in [0.2, 0.25) is 5.91 Å². The lowest BCUT2D eigenvalue weighted by atomic mass is 9.74. The molecule has 1 amide bonds. The summed E-state index contributed by atoms with van der Waals surface area (Å²) in [5.41, 5.74) is -0.278. The van der Waals surface area contributed by atoms with E-state index in [9.17, 15) is 9.90 Å². The summed E-state index contributed by atoms with van der Waals surface area (Å²) in [6, 6.07) is 0. The average molecular weight is 268 g/mol. The van der Waals surface area contributed by atoms with Crippen molar-refractivity contribution in [3.05, 3.63) is 0 Å². The second-order valence-corrected chi connectivity index (χ2v) is 6.46. The summed E-state index contributed by atoms with van der Waals surface area (Å²) in [6.07, 6.45) is 7.52. The van der Waals surface area contributed by atoms with Crippen LogP contribution in [0, 0.1) is 10.8 Å². The number of hydrogen-bond donors (Lipinski definition) is 3. The number of amides is 1. The SMILES string of the molecule is CCC1(C(=O)NCC2(CO)CCCCC2)CCNC1. The van der Waals surface area contributed by atoms with Gasteiger partial charge in [0.05, 0.1) is 12.0 Å². The molecule has 110 valence electrons. The average Bonchev–Trinajstić information content (AvgIpc) is 2.96. The van der Waals surface area contributed by atoms with Gasteiger partial charge < -0.3 is 15.7 Å². The van der Waals surface area contributed by atoms with Crippen LogP contribution in [0.3, 0.4) is 0 Å². The third kappa shape index (κ3) is 3.11. The molecule has 1 atom stereocenters. The predicted octanol–water partition coefficient (Wildman–Crippen LogP) is 1.44. The van der Waals surface area contributed by atoms with Crippen LogP contribution in [-0.2, 0) is 4.79 Å². The van der Waals surface area contributed by atoms with E-state index in [1.54, 1.807) is 0 Å². The Kier molecular flexibility index (Phi) is 4.85. The van der Waals surface area contributed by atoms with Gasteiger partial charge in [0, 0.05) is 18.5 Å². The highest BCUT2D eigenvalue weighted by atomic mass is 16.3. The Bertz CT molecular complexity index is 305. The number of hydrogen-bond acceptors (Lipinski definition) is 3. The molecule has 0 radical (unpaired) electrons. The summed E-state index contributed by atoms with van der Waals surface area (Å²) in [5, 5.41) is 16.1. The molecule has 4 nitrogen and oxygen atoms in total. The van der Waals surface area contributed by atoms with E-state index in [0.717, 1.165) is 38.8 Å². The van der Waals surface area contributed by atoms with Crippen molar-refractivity contribution in [2.24, 2.45) is 10.8 Å². The van der Waals surface area contributed by atoms with Gasteiger partial charge in [-0.3, -0.25) is 4.79 Å². The first-order valence-electron chi connectivity index (χ1n) is 7.76. The fourth-order valence-corrected chi connectivity index (χ4v) is 3.55. The molecule has 1 unspecified atom stereocenters. The van der Waals surface area contributed by atoms with E-state index in [2.05, 4.69) is 17.6 Å². The molecule has 1 aliphatic heterocycles. The van der Waals surface area contributed by atoms with Gasteiger partial charge in [-0.1, -0.05) is 26.2 Å². The Hall–Kier alpha value is -0.610. The summed E-state index contributed by atoms with van der Waals surface area (Å²) in [4.78, 5) is 12.5. The monoisotopic (exact) mass is 268 g/mol. The van der Waals surface area contributed by atoms with Crippen LogP contribution in [0.2, 0.25) is 0 Å². The van der Waals surface area contributed by atoms with Crippen LogP contribution in [0.1, 0.15) is 51.9 Å². The minimum Gasteiger partial charge on any atom is -0.396 e. The zero-order chi connectivity index (χ0) is 13.8. The van der Waals surface area contributed by atoms with E-state index in [1.807, 2.05) is 0 Å². The highest BCUT2D eigenvalue weighted by Crippen LogP contribution is 2.36. The third-order valence-electron chi connectivity index (χ3n) is 5.28. The summed E-state index contributed by atoms with van der Waals surface area (Å²) < 4.78 is 0. The van der Waals surface area contributed by atoms with E-state index in [4.69, 9.17) is 0 Å². The summed E-state index contributed by atoms with van der Waals surface area (Å²) in [5.74, 6) is 0.179. The van der Waals surface area contributed by atoms with Crippen molar-refractivity contribution in [2.45, 2.75) is 51.9 Å². The highest BCUT2D eigenvalue weighted by Gasteiger charge is 2.40. The smallest absolute Gasteiger partial charge is 0.227 e. The fourth-order valence-electron chi connectivity index (χ4n) is 3.55. The lowest BCUT2D eigenvalue weighted by Gasteiger charge is -2.37. The van der Waals surface area contributed by atoms with Crippen LogP contribution in [-0.4, -0.2) is 37.3 Å². The first-order chi connectivity index (χ1) is 9.16. The van der Waals surface area contributed by atoms with Crippen molar-refractivity contribution < 1.29 is 9.90 Å². The van der Waals surface area contributed by atoms with Crippen molar-refractivity contribution in [2.75, 3.05) is 26.2 Å². The standard InChI is InChI=1S/C15H28N2O2/c1-2-15(8-9-16-11-15)13(19)17-10-14(12-18)6-4-3-5-7-14/h16,18H,2-12H2,1H3,(H,17,19). The van der Waals surface area contributed by atoms with Crippen molar-refractivity contribution >= 4 is 5.91 Å². The minimum absolute atomic E-state index is 0.0606. The van der Waals surface area contributed by atoms with Crippen LogP contribution < -0.4 is 10.6 Å². The maximum atomic E-state index is 12.5. The lowest BCUT2D eigenvalue weighted by Crippen LogP contribution is -2.48. The van der Waals surface area contributed by atoms with Gasteiger partial charge in [0.15, 0.2) is 0 Å². The van der Waals surface area contributed by atoms with Gasteiger partial charge in [0.1, 0.15) is 0 Å². The summed E-state index contributed by atoms with van der Waals surface area (Å²) in [6.45, 7) is 4.66. The Labute approximate surface area is 116 Å². The largest absolute Gasteiger partial charge is 0.396 e. The Morgan fingerprint density at radius 1 is 1.26 bits per heavy atom. The van der Waals surface area contributed by atoms with E-state index in [0.29, 0.717) is 6.54 Å². The zero-order valence-corrected chi connectivity index (χ0v) is 12.1. The molecule has 2 rings (SSSR count). The van der Waals surface area contributed by atoms with Gasteiger partial charge in [-0.05, 0) is 32.2 Å². The quantitative estimate of drug-likeness (QED) is 0.707. The van der Waals surface area contributed by atoms with Crippen LogP contribution in [0.25, 0.3) is 0 Å². The van der Waals surface area contributed by atoms with Crippen molar-refractivity contribution in [3.8, 4) is 0 Å². The van der Waals surface area contributed by atoms with Gasteiger partial charge in [-0.25, -0.2) is 0 Å². The van der Waals surface area contributed by atoms with E-state index < -0.39 is 0 Å². The molecule has 0 aromatic carbocycles. The van der Waals surface area contributed by atoms with Crippen molar-refractivity contribution in [3.63, 3.8) is 0 Å². The molecule has 0 aromatic heterocycles. The summed E-state index contributed by atoms with van der Waals surface area (Å²) in [7, 11) is 0. The second-order valence-electron chi connectivity index (χ2n) is 6.46. The maximum Gasteiger partial charge on any atom is 0.227 e. The molecule has 4 heteroatoms. The second kappa shape index (κ2) is 6.23. The molecule has 1 saturated heterocycles. The normalized spacial score (nSPS) is 30.2. The first kappa shape index (κ1) is 14.8. The Morgan fingerprint density at radius 2 is 2.00 bits per heavy atom. The number of aliphatic hydroxyl groups is 1. The molecule has 2 aliphatic rings. The third-order valence-corrected chi connectivity index (χ3v) is 5.28. The molecule has 1 aliphatic carbocycles. The molecule has 3 N–H and O–H groups in total. The molecule has 0 bridgehead atoms. The predicted molar refractivity (Wildman–Crippen MR) is 75.8 cm³/mol. The molecular formula is C15H28N2O2. The van der Waals surface area contributed by atoms with E-state index >= 15 is 0 Å². The van der Waals surface area contributed by atoms with Crippen LogP contribution in [0.4, 0.5) is 0 Å². The molecule has 0 spiro atoms. The van der Waals surface area contributed by atoms with Crippen LogP contribution >= 0.6 is 0 Å². The van der Waals surface area contributed by atoms with E-state index in [1.165, 1.54) is 19.3 Å². The Balaban J connectivity index is 1.91. The number of carbonyl (C=O) groups excluding carboxylic acids is 1. The molecule has 1 saturated carbocycles. The molecule has 2 fully saturated rings. The molecular weight excluding hydrogens is 240 g/mol. The lowest BCUT2D eigenvalue weighted by molar-refractivity contribution is -0.131. The van der Waals surface area contributed by atoms with Gasteiger partial charge >= 0.3 is 0 Å². The minimum atomic E-state index is -0.217. The topological polar surface area (TPSA) is 61.4 Å². The number of carbonyl (C=O) groups is 1.